The Morgan fingerprint density at radius 1 is 1.38 bits per heavy atom. The molecule has 0 bridgehead atoms. The number of nitrogens with two attached hydrogens (primary N) is 1. The molecule has 2 N–H and O–H groups in total. The summed E-state index contributed by atoms with van der Waals surface area (Å²) >= 11 is 0. The van der Waals surface area contributed by atoms with E-state index in [0.717, 1.165) is 19.0 Å². The molecule has 0 radical (unpaired) electrons. The number of nitrogen functional groups attached to an aromatic ring is 1. The Hall–Kier alpha value is -1.69. The predicted molar refractivity (Wildman–Crippen MR) is 75.9 cm³/mol. The van der Waals surface area contributed by atoms with Crippen LogP contribution < -0.4 is 5.73 Å². The fourth-order valence-corrected chi connectivity index (χ4v) is 2.60. The van der Waals surface area contributed by atoms with Crippen molar-refractivity contribution in [3.05, 3.63) is 29.3 Å². The summed E-state index contributed by atoms with van der Waals surface area (Å²) in [5.74, 6) is -2.65. The number of hydrogen-bond acceptors (Lipinski definition) is 4. The first kappa shape index (κ1) is 15.7. The van der Waals surface area contributed by atoms with Crippen LogP contribution in [0.4, 0.5) is 14.5 Å². The molecule has 1 unspecified atom stereocenters. The van der Waals surface area contributed by atoms with E-state index in [1.807, 2.05) is 7.05 Å². The van der Waals surface area contributed by atoms with Crippen molar-refractivity contribution in [2.75, 3.05) is 25.9 Å². The minimum Gasteiger partial charge on any atom is -0.462 e. The zero-order chi connectivity index (χ0) is 15.4. The molecule has 1 atom stereocenters. The van der Waals surface area contributed by atoms with Crippen LogP contribution >= 0.6 is 0 Å². The number of nitrogens with zero attached hydrogens (tertiary/aromatic N) is 1. The Labute approximate surface area is 122 Å². The standard InChI is InChI=1S/C15H20F2N2O2/c1-19-6-3-2-4-10(19)5-7-21-15(20)11-8-14(18)13(17)9-12(11)16/h8-10H,2-7,18H2,1H3. The van der Waals surface area contributed by atoms with Crippen LogP contribution in [0.1, 0.15) is 36.0 Å². The average Bonchev–Trinajstić information content (AvgIpc) is 2.44. The third kappa shape index (κ3) is 3.91. The number of hydrogen-bond donors (Lipinski definition) is 1. The fourth-order valence-electron chi connectivity index (χ4n) is 2.60. The molecule has 1 saturated heterocycles. The fraction of sp³-hybridized carbons (Fsp3) is 0.533. The summed E-state index contributed by atoms with van der Waals surface area (Å²) in [5.41, 5.74) is 4.74. The van der Waals surface area contributed by atoms with Gasteiger partial charge in [-0.05, 0) is 38.9 Å². The van der Waals surface area contributed by atoms with Crippen molar-refractivity contribution in [2.24, 2.45) is 0 Å². The number of likely N-dealkylation sites (tertiary alicyclic amines) is 1. The van der Waals surface area contributed by atoms with Crippen LogP contribution in [0.15, 0.2) is 12.1 Å². The lowest BCUT2D eigenvalue weighted by Gasteiger charge is -2.32. The second kappa shape index (κ2) is 6.85. The van der Waals surface area contributed by atoms with Gasteiger partial charge >= 0.3 is 5.97 Å². The van der Waals surface area contributed by atoms with E-state index in [4.69, 9.17) is 10.5 Å². The van der Waals surface area contributed by atoms with E-state index in [2.05, 4.69) is 4.90 Å². The van der Waals surface area contributed by atoms with Gasteiger partial charge in [0.1, 0.15) is 11.6 Å². The normalized spacial score (nSPS) is 19.5. The molecule has 4 nitrogen and oxygen atoms in total. The van der Waals surface area contributed by atoms with E-state index in [1.165, 1.54) is 12.8 Å². The van der Waals surface area contributed by atoms with Crippen LogP contribution in [0.25, 0.3) is 0 Å². The molecular formula is C15H20F2N2O2. The Morgan fingerprint density at radius 2 is 2.14 bits per heavy atom. The number of piperidine rings is 1. The number of halogens is 2. The maximum absolute atomic E-state index is 13.5. The van der Waals surface area contributed by atoms with Gasteiger partial charge in [0, 0.05) is 12.1 Å². The van der Waals surface area contributed by atoms with Crippen LogP contribution in [0.2, 0.25) is 0 Å². The maximum atomic E-state index is 13.5. The molecule has 116 valence electrons. The number of carbonyl (C=O) groups is 1. The number of carbonyl (C=O) groups excluding carboxylic acids is 1. The molecule has 0 aromatic heterocycles. The second-order valence-electron chi connectivity index (χ2n) is 5.41. The Kier molecular flexibility index (Phi) is 5.12. The third-order valence-electron chi connectivity index (χ3n) is 3.91. The molecule has 1 aliphatic heterocycles. The highest BCUT2D eigenvalue weighted by Gasteiger charge is 2.20. The van der Waals surface area contributed by atoms with Gasteiger partial charge in [-0.15, -0.1) is 0 Å². The molecule has 1 fully saturated rings. The highest BCUT2D eigenvalue weighted by Crippen LogP contribution is 2.19. The lowest BCUT2D eigenvalue weighted by atomic mass is 10.0. The van der Waals surface area contributed by atoms with Gasteiger partial charge in [0.05, 0.1) is 17.9 Å². The maximum Gasteiger partial charge on any atom is 0.341 e. The number of esters is 1. The Morgan fingerprint density at radius 3 is 2.86 bits per heavy atom. The van der Waals surface area contributed by atoms with Gasteiger partial charge < -0.3 is 15.4 Å². The van der Waals surface area contributed by atoms with E-state index < -0.39 is 17.6 Å². The SMILES string of the molecule is CN1CCCCC1CCOC(=O)c1cc(N)c(F)cc1F. The van der Waals surface area contributed by atoms with Crippen molar-refractivity contribution in [1.82, 2.24) is 4.90 Å². The molecule has 6 heteroatoms. The summed E-state index contributed by atoms with van der Waals surface area (Å²) in [6.45, 7) is 1.26. The molecule has 0 spiro atoms. The predicted octanol–water partition coefficient (Wildman–Crippen LogP) is 2.58. The van der Waals surface area contributed by atoms with Crippen LogP contribution in [-0.2, 0) is 4.74 Å². The van der Waals surface area contributed by atoms with Crippen LogP contribution in [-0.4, -0.2) is 37.1 Å². The smallest absolute Gasteiger partial charge is 0.341 e. The van der Waals surface area contributed by atoms with E-state index >= 15 is 0 Å². The molecule has 0 aliphatic carbocycles. The van der Waals surface area contributed by atoms with E-state index in [1.54, 1.807) is 0 Å². The van der Waals surface area contributed by atoms with Crippen LogP contribution in [0.5, 0.6) is 0 Å². The van der Waals surface area contributed by atoms with Gasteiger partial charge in [0.15, 0.2) is 0 Å². The van der Waals surface area contributed by atoms with Gasteiger partial charge in [-0.25, -0.2) is 13.6 Å². The molecule has 1 aliphatic rings. The number of rotatable bonds is 4. The highest BCUT2D eigenvalue weighted by molar-refractivity contribution is 5.90. The van der Waals surface area contributed by atoms with Crippen molar-refractivity contribution in [2.45, 2.75) is 31.7 Å². The van der Waals surface area contributed by atoms with Gasteiger partial charge in [-0.1, -0.05) is 6.42 Å². The molecule has 1 aromatic carbocycles. The largest absolute Gasteiger partial charge is 0.462 e. The summed E-state index contributed by atoms with van der Waals surface area (Å²) in [7, 11) is 2.05. The number of ether oxygens (including phenoxy) is 1. The Bertz CT molecular complexity index is 523. The topological polar surface area (TPSA) is 55.6 Å². The summed E-state index contributed by atoms with van der Waals surface area (Å²) < 4.78 is 31.6. The molecule has 1 heterocycles. The monoisotopic (exact) mass is 298 g/mol. The van der Waals surface area contributed by atoms with Gasteiger partial charge in [-0.3, -0.25) is 0 Å². The van der Waals surface area contributed by atoms with Crippen molar-refractivity contribution in [3.8, 4) is 0 Å². The second-order valence-corrected chi connectivity index (χ2v) is 5.41. The first-order valence-electron chi connectivity index (χ1n) is 7.11. The lowest BCUT2D eigenvalue weighted by Crippen LogP contribution is -2.37. The molecule has 21 heavy (non-hydrogen) atoms. The minimum absolute atomic E-state index is 0.213. The molecule has 0 saturated carbocycles. The van der Waals surface area contributed by atoms with Crippen LogP contribution in [0.3, 0.4) is 0 Å². The summed E-state index contributed by atoms with van der Waals surface area (Å²) in [4.78, 5) is 14.0. The van der Waals surface area contributed by atoms with E-state index in [9.17, 15) is 13.6 Å². The van der Waals surface area contributed by atoms with E-state index in [-0.39, 0.29) is 17.9 Å². The molecule has 1 aromatic rings. The van der Waals surface area contributed by atoms with Crippen molar-refractivity contribution < 1.29 is 18.3 Å². The first-order valence-corrected chi connectivity index (χ1v) is 7.11. The number of anilines is 1. The van der Waals surface area contributed by atoms with E-state index in [0.29, 0.717) is 18.5 Å². The number of benzene rings is 1. The van der Waals surface area contributed by atoms with Gasteiger partial charge in [0.25, 0.3) is 0 Å². The quantitative estimate of drug-likeness (QED) is 0.685. The van der Waals surface area contributed by atoms with Gasteiger partial charge in [0.2, 0.25) is 0 Å². The zero-order valence-electron chi connectivity index (χ0n) is 12.1. The lowest BCUT2D eigenvalue weighted by molar-refractivity contribution is 0.0445. The zero-order valence-corrected chi connectivity index (χ0v) is 12.1. The minimum atomic E-state index is -0.957. The summed E-state index contributed by atoms with van der Waals surface area (Å²) in [6.07, 6.45) is 4.14. The van der Waals surface area contributed by atoms with Gasteiger partial charge in [-0.2, -0.15) is 0 Å². The van der Waals surface area contributed by atoms with Crippen LogP contribution in [0, 0.1) is 11.6 Å². The molecule has 0 amide bonds. The highest BCUT2D eigenvalue weighted by atomic mass is 19.1. The third-order valence-corrected chi connectivity index (χ3v) is 3.91. The average molecular weight is 298 g/mol. The molecule has 2 rings (SSSR count). The first-order chi connectivity index (χ1) is 9.99. The van der Waals surface area contributed by atoms with Crippen molar-refractivity contribution in [3.63, 3.8) is 0 Å². The molecular weight excluding hydrogens is 278 g/mol. The van der Waals surface area contributed by atoms with Crippen molar-refractivity contribution >= 4 is 11.7 Å². The summed E-state index contributed by atoms with van der Waals surface area (Å²) in [6, 6.07) is 1.95. The Balaban J connectivity index is 1.88. The summed E-state index contributed by atoms with van der Waals surface area (Å²) in [5, 5.41) is 0. The van der Waals surface area contributed by atoms with Crippen molar-refractivity contribution in [1.29, 1.82) is 0 Å².